The highest BCUT2D eigenvalue weighted by Crippen LogP contribution is 2.17. The maximum absolute atomic E-state index is 5.66. The molecule has 1 rings (SSSR count). The molecular formula is C12H24N4S. The molecule has 1 aromatic heterocycles. The van der Waals surface area contributed by atoms with Gasteiger partial charge in [-0.1, -0.05) is 13.8 Å². The molecule has 4 nitrogen and oxygen atoms in total. The zero-order valence-corrected chi connectivity index (χ0v) is 12.1. The fourth-order valence-electron chi connectivity index (χ4n) is 1.71. The molecule has 0 aromatic carbocycles. The number of nitrogens with two attached hydrogens (primary N) is 1. The van der Waals surface area contributed by atoms with Crippen molar-refractivity contribution in [2.75, 3.05) is 39.5 Å². The van der Waals surface area contributed by atoms with Gasteiger partial charge < -0.3 is 10.6 Å². The Labute approximate surface area is 108 Å². The number of anilines is 1. The van der Waals surface area contributed by atoms with Gasteiger partial charge in [0.05, 0.1) is 0 Å². The van der Waals surface area contributed by atoms with Crippen LogP contribution in [0.5, 0.6) is 0 Å². The van der Waals surface area contributed by atoms with Gasteiger partial charge in [0.2, 0.25) is 0 Å². The van der Waals surface area contributed by atoms with Crippen molar-refractivity contribution in [3.05, 3.63) is 11.1 Å². The van der Waals surface area contributed by atoms with Crippen LogP contribution in [0.25, 0.3) is 0 Å². The zero-order valence-electron chi connectivity index (χ0n) is 11.3. The van der Waals surface area contributed by atoms with Gasteiger partial charge in [0, 0.05) is 37.3 Å². The fraction of sp³-hybridized carbons (Fsp3) is 0.750. The summed E-state index contributed by atoms with van der Waals surface area (Å²) in [6.45, 7) is 8.75. The first-order valence-corrected chi connectivity index (χ1v) is 6.86. The normalized spacial score (nSPS) is 11.9. The Hall–Kier alpha value is -0.650. The molecule has 1 heterocycles. The van der Waals surface area contributed by atoms with Crippen LogP contribution < -0.4 is 5.73 Å². The molecule has 0 atom stereocenters. The Morgan fingerprint density at radius 2 is 2.06 bits per heavy atom. The molecule has 0 spiro atoms. The molecule has 5 heteroatoms. The number of nitrogens with zero attached hydrogens (tertiary/aromatic N) is 3. The zero-order chi connectivity index (χ0) is 12.8. The largest absolute Gasteiger partial charge is 0.375 e. The summed E-state index contributed by atoms with van der Waals surface area (Å²) < 4.78 is 0. The number of rotatable bonds is 7. The quantitative estimate of drug-likeness (QED) is 0.807. The maximum atomic E-state index is 5.66. The summed E-state index contributed by atoms with van der Waals surface area (Å²) in [6.07, 6.45) is 1.89. The van der Waals surface area contributed by atoms with Crippen LogP contribution in [0.4, 0.5) is 5.13 Å². The van der Waals surface area contributed by atoms with Gasteiger partial charge in [-0.2, -0.15) is 0 Å². The first kappa shape index (κ1) is 14.4. The Balaban J connectivity index is 2.50. The summed E-state index contributed by atoms with van der Waals surface area (Å²) in [4.78, 5) is 10.0. The molecule has 0 radical (unpaired) electrons. The lowest BCUT2D eigenvalue weighted by atomic mass is 10.2. The Morgan fingerprint density at radius 1 is 1.35 bits per heavy atom. The summed E-state index contributed by atoms with van der Waals surface area (Å²) in [7, 11) is 4.22. The second-order valence-corrected chi connectivity index (χ2v) is 6.24. The van der Waals surface area contributed by atoms with Crippen LogP contribution in [0, 0.1) is 5.92 Å². The summed E-state index contributed by atoms with van der Waals surface area (Å²) in [5.74, 6) is 0.683. The first-order chi connectivity index (χ1) is 7.97. The van der Waals surface area contributed by atoms with Gasteiger partial charge >= 0.3 is 0 Å². The van der Waals surface area contributed by atoms with E-state index < -0.39 is 0 Å². The van der Waals surface area contributed by atoms with Crippen molar-refractivity contribution in [3.8, 4) is 0 Å². The Kier molecular flexibility index (Phi) is 5.88. The second kappa shape index (κ2) is 6.93. The number of nitrogen functional groups attached to an aromatic ring is 1. The van der Waals surface area contributed by atoms with Crippen LogP contribution in [0.2, 0.25) is 0 Å². The minimum Gasteiger partial charge on any atom is -0.375 e. The van der Waals surface area contributed by atoms with E-state index in [0.29, 0.717) is 11.0 Å². The molecule has 0 aliphatic carbocycles. The topological polar surface area (TPSA) is 45.4 Å². The average Bonchev–Trinajstić information content (AvgIpc) is 2.59. The van der Waals surface area contributed by atoms with Gasteiger partial charge in [0.1, 0.15) is 0 Å². The van der Waals surface area contributed by atoms with E-state index >= 15 is 0 Å². The molecule has 98 valence electrons. The predicted octanol–water partition coefficient (Wildman–Crippen LogP) is 1.74. The molecule has 17 heavy (non-hydrogen) atoms. The monoisotopic (exact) mass is 256 g/mol. The molecule has 2 N–H and O–H groups in total. The molecule has 0 unspecified atom stereocenters. The molecule has 0 aliphatic heterocycles. The van der Waals surface area contributed by atoms with Gasteiger partial charge in [-0.15, -0.1) is 11.3 Å². The third-order valence-corrected chi connectivity index (χ3v) is 3.25. The van der Waals surface area contributed by atoms with E-state index in [2.05, 4.69) is 42.7 Å². The minimum absolute atomic E-state index is 0.664. The molecular weight excluding hydrogens is 232 g/mol. The molecule has 1 aromatic rings. The van der Waals surface area contributed by atoms with Gasteiger partial charge in [0.15, 0.2) is 5.13 Å². The van der Waals surface area contributed by atoms with E-state index in [1.54, 1.807) is 11.3 Å². The molecule has 0 amide bonds. The van der Waals surface area contributed by atoms with Crippen molar-refractivity contribution in [1.82, 2.24) is 14.8 Å². The smallest absolute Gasteiger partial charge is 0.180 e. The third kappa shape index (κ3) is 6.00. The van der Waals surface area contributed by atoms with Crippen molar-refractivity contribution < 1.29 is 0 Å². The highest BCUT2D eigenvalue weighted by molar-refractivity contribution is 7.15. The fourth-order valence-corrected chi connectivity index (χ4v) is 2.44. The number of thiazole rings is 1. The van der Waals surface area contributed by atoms with Crippen LogP contribution in [-0.4, -0.2) is 48.5 Å². The highest BCUT2D eigenvalue weighted by Gasteiger charge is 2.10. The number of hydrogen-bond donors (Lipinski definition) is 1. The summed E-state index contributed by atoms with van der Waals surface area (Å²) in [5.41, 5.74) is 5.66. The predicted molar refractivity (Wildman–Crippen MR) is 75.2 cm³/mol. The van der Waals surface area contributed by atoms with Crippen molar-refractivity contribution >= 4 is 16.5 Å². The van der Waals surface area contributed by atoms with Crippen LogP contribution >= 0.6 is 11.3 Å². The van der Waals surface area contributed by atoms with E-state index in [1.807, 2.05) is 6.20 Å². The van der Waals surface area contributed by atoms with Gasteiger partial charge in [-0.05, 0) is 20.0 Å². The lowest BCUT2D eigenvalue weighted by Gasteiger charge is -2.25. The standard InChI is InChI=1S/C12H24N4S/c1-10(2)8-16(6-5-15(3)4)9-11-7-14-12(13)17-11/h7,10H,5-6,8-9H2,1-4H3,(H2,13,14). The maximum Gasteiger partial charge on any atom is 0.180 e. The van der Waals surface area contributed by atoms with Gasteiger partial charge in [-0.25, -0.2) is 4.98 Å². The van der Waals surface area contributed by atoms with Crippen LogP contribution in [0.15, 0.2) is 6.20 Å². The number of likely N-dealkylation sites (N-methyl/N-ethyl adjacent to an activating group) is 1. The van der Waals surface area contributed by atoms with Crippen molar-refractivity contribution in [1.29, 1.82) is 0 Å². The first-order valence-electron chi connectivity index (χ1n) is 6.04. The highest BCUT2D eigenvalue weighted by atomic mass is 32.1. The van der Waals surface area contributed by atoms with Gasteiger partial charge in [-0.3, -0.25) is 4.90 Å². The van der Waals surface area contributed by atoms with E-state index in [-0.39, 0.29) is 0 Å². The van der Waals surface area contributed by atoms with Gasteiger partial charge in [0.25, 0.3) is 0 Å². The molecule has 0 saturated carbocycles. The number of hydrogen-bond acceptors (Lipinski definition) is 5. The van der Waals surface area contributed by atoms with Crippen LogP contribution in [0.3, 0.4) is 0 Å². The summed E-state index contributed by atoms with van der Waals surface area (Å²) >= 11 is 1.59. The average molecular weight is 256 g/mol. The lowest BCUT2D eigenvalue weighted by Crippen LogP contribution is -2.33. The SMILES string of the molecule is CC(C)CN(CCN(C)C)Cc1cnc(N)s1. The molecule has 0 bridgehead atoms. The summed E-state index contributed by atoms with van der Waals surface area (Å²) in [6, 6.07) is 0. The van der Waals surface area contributed by atoms with Crippen molar-refractivity contribution in [2.45, 2.75) is 20.4 Å². The van der Waals surface area contributed by atoms with Crippen LogP contribution in [0.1, 0.15) is 18.7 Å². The second-order valence-electron chi connectivity index (χ2n) is 5.10. The Morgan fingerprint density at radius 3 is 2.53 bits per heavy atom. The van der Waals surface area contributed by atoms with E-state index in [4.69, 9.17) is 5.73 Å². The third-order valence-electron chi connectivity index (χ3n) is 2.44. The molecule has 0 aliphatic rings. The van der Waals surface area contributed by atoms with Crippen molar-refractivity contribution in [2.24, 2.45) is 5.92 Å². The lowest BCUT2D eigenvalue weighted by molar-refractivity contribution is 0.213. The van der Waals surface area contributed by atoms with Crippen molar-refractivity contribution in [3.63, 3.8) is 0 Å². The molecule has 0 fully saturated rings. The minimum atomic E-state index is 0.664. The van der Waals surface area contributed by atoms with Crippen LogP contribution in [-0.2, 0) is 6.54 Å². The number of aromatic nitrogens is 1. The Bertz CT molecular complexity index is 322. The molecule has 0 saturated heterocycles. The van der Waals surface area contributed by atoms with E-state index in [1.165, 1.54) is 4.88 Å². The van der Waals surface area contributed by atoms with E-state index in [0.717, 1.165) is 26.2 Å². The van der Waals surface area contributed by atoms with E-state index in [9.17, 15) is 0 Å². The summed E-state index contributed by atoms with van der Waals surface area (Å²) in [5, 5.41) is 0.664.